The average molecular weight is 989 g/mol. The van der Waals surface area contributed by atoms with E-state index in [9.17, 15) is 19.2 Å². The van der Waals surface area contributed by atoms with Crippen LogP contribution in [-0.2, 0) is 17.6 Å². The Bertz CT molecular complexity index is 2500. The van der Waals surface area contributed by atoms with Crippen molar-refractivity contribution in [3.8, 4) is 17.1 Å². The minimum Gasteiger partial charge on any atom is -0.497 e. The second-order valence-corrected chi connectivity index (χ2v) is 13.0. The smallest absolute Gasteiger partial charge is 0.277 e. The maximum atomic E-state index is 13.9. The van der Waals surface area contributed by atoms with Crippen LogP contribution in [0.15, 0.2) is 107 Å². The molecule has 0 bridgehead atoms. The van der Waals surface area contributed by atoms with E-state index in [1.165, 1.54) is 4.68 Å². The molecule has 57 heavy (non-hydrogen) atoms. The number of ether oxygens (including phenoxy) is 1. The maximum Gasteiger partial charge on any atom is 0.277 e. The van der Waals surface area contributed by atoms with E-state index in [1.54, 1.807) is 94.4 Å². The Morgan fingerprint density at radius 3 is 1.67 bits per heavy atom. The fourth-order valence-corrected chi connectivity index (χ4v) is 6.88. The summed E-state index contributed by atoms with van der Waals surface area (Å²) >= 11 is 4.24. The molecule has 6 aromatic rings. The molecule has 0 radical (unpaired) electrons. The lowest BCUT2D eigenvalue weighted by molar-refractivity contribution is -0.105. The fraction of sp³-hybridized carbons (Fsp3) is 0.150. The molecular weight excluding hydrogens is 954 g/mol. The summed E-state index contributed by atoms with van der Waals surface area (Å²) in [5.74, 6) is -0.212. The largest absolute Gasteiger partial charge is 0.497 e. The highest BCUT2D eigenvalue weighted by molar-refractivity contribution is 15.0. The summed E-state index contributed by atoms with van der Waals surface area (Å²) in [6.45, 7) is 2.70. The molecule has 3 N–H and O–H groups in total. The summed E-state index contributed by atoms with van der Waals surface area (Å²) in [6.07, 6.45) is 1.45. The van der Waals surface area contributed by atoms with Gasteiger partial charge < -0.3 is 25.6 Å². The standard InChI is InChI=1S/C40H34N10O5.I2/c1-24-3-9-29(10-4-24)49-35-32(34(45-49)37(41)52)19-21-47(39(35)53)27-11-5-25(6-12-27)43-44-26-7-13-28(14-8-26)48-22-20-33-36(40(48)54)50(46-38(33)42-23-51)30-15-17-31(55-2)18-16-30;1-2/h3-18,23H,19-22H2,1-2H3,(H2,41,52)(H,42,46,51);. The first-order valence-corrected chi connectivity index (χ1v) is 23.9. The lowest BCUT2D eigenvalue weighted by Gasteiger charge is -2.27. The zero-order valence-electron chi connectivity index (χ0n) is 30.6. The van der Waals surface area contributed by atoms with Crippen molar-refractivity contribution in [2.45, 2.75) is 19.8 Å². The fourth-order valence-electron chi connectivity index (χ4n) is 6.88. The molecule has 15 nitrogen and oxygen atoms in total. The van der Waals surface area contributed by atoms with Crippen LogP contribution >= 0.6 is 37.2 Å². The Morgan fingerprint density at radius 2 is 1.18 bits per heavy atom. The highest BCUT2D eigenvalue weighted by Gasteiger charge is 2.35. The van der Waals surface area contributed by atoms with Crippen molar-refractivity contribution >= 4 is 89.9 Å². The van der Waals surface area contributed by atoms with Gasteiger partial charge in [-0.25, -0.2) is 9.36 Å². The Labute approximate surface area is 350 Å². The number of aryl methyl sites for hydroxylation is 1. The molecule has 0 saturated heterocycles. The van der Waals surface area contributed by atoms with Crippen molar-refractivity contribution in [2.75, 3.05) is 35.3 Å². The number of aromatic nitrogens is 4. The quantitative estimate of drug-likeness (QED) is 0.0804. The van der Waals surface area contributed by atoms with Crippen LogP contribution in [-0.4, -0.2) is 63.9 Å². The zero-order chi connectivity index (χ0) is 40.2. The Morgan fingerprint density at radius 1 is 0.719 bits per heavy atom. The number of carbonyl (C=O) groups excluding carboxylic acids is 4. The first kappa shape index (κ1) is 39.3. The van der Waals surface area contributed by atoms with Gasteiger partial charge in [0.2, 0.25) is 6.41 Å². The van der Waals surface area contributed by atoms with Gasteiger partial charge in [-0.2, -0.15) is 15.3 Å². The maximum absolute atomic E-state index is 13.9. The molecular formula is C40H34I2N10O5. The van der Waals surface area contributed by atoms with Crippen LogP contribution in [0.3, 0.4) is 0 Å². The number of anilines is 3. The molecule has 0 spiro atoms. The van der Waals surface area contributed by atoms with Crippen molar-refractivity contribution in [1.29, 1.82) is 0 Å². The molecule has 4 aromatic carbocycles. The molecule has 0 aliphatic carbocycles. The predicted molar refractivity (Wildman–Crippen MR) is 232 cm³/mol. The van der Waals surface area contributed by atoms with Crippen LogP contribution in [0.25, 0.3) is 11.4 Å². The number of carbonyl (C=O) groups is 4. The van der Waals surface area contributed by atoms with Gasteiger partial charge in [0.15, 0.2) is 11.5 Å². The van der Waals surface area contributed by atoms with Crippen molar-refractivity contribution < 1.29 is 23.9 Å². The van der Waals surface area contributed by atoms with Gasteiger partial charge in [0.05, 0.1) is 29.9 Å². The number of methoxy groups -OCH3 is 1. The van der Waals surface area contributed by atoms with Gasteiger partial charge in [-0.05, 0) is 105 Å². The number of rotatable bonds is 10. The number of azo groups is 1. The molecule has 2 aliphatic heterocycles. The van der Waals surface area contributed by atoms with Gasteiger partial charge >= 0.3 is 0 Å². The number of halogens is 2. The van der Waals surface area contributed by atoms with Crippen LogP contribution in [0.2, 0.25) is 0 Å². The summed E-state index contributed by atoms with van der Waals surface area (Å²) in [6, 6.07) is 29.0. The summed E-state index contributed by atoms with van der Waals surface area (Å²) < 4.78 is 8.31. The van der Waals surface area contributed by atoms with E-state index in [4.69, 9.17) is 10.5 Å². The molecule has 17 heteroatoms. The zero-order valence-corrected chi connectivity index (χ0v) is 34.9. The number of nitrogens with zero attached hydrogens (tertiary/aromatic N) is 8. The number of fused-ring (bicyclic) bond motifs is 2. The van der Waals surface area contributed by atoms with E-state index in [0.29, 0.717) is 101 Å². The van der Waals surface area contributed by atoms with E-state index < -0.39 is 5.91 Å². The van der Waals surface area contributed by atoms with Gasteiger partial charge in [0.25, 0.3) is 17.7 Å². The Balaban J connectivity index is 0.00000244. The third kappa shape index (κ3) is 7.75. The number of hydrogen-bond donors (Lipinski definition) is 2. The van der Waals surface area contributed by atoms with Gasteiger partial charge in [-0.1, -0.05) is 17.7 Å². The summed E-state index contributed by atoms with van der Waals surface area (Å²) in [5.41, 5.74) is 12.5. The number of amides is 4. The van der Waals surface area contributed by atoms with E-state index in [0.717, 1.165) is 5.56 Å². The monoisotopic (exact) mass is 988 g/mol. The van der Waals surface area contributed by atoms with E-state index in [1.807, 2.05) is 31.2 Å². The van der Waals surface area contributed by atoms with Crippen LogP contribution < -0.4 is 25.6 Å². The van der Waals surface area contributed by atoms with Gasteiger partial charge in [-0.3, -0.25) is 19.2 Å². The second kappa shape index (κ2) is 17.0. The van der Waals surface area contributed by atoms with Crippen LogP contribution in [0, 0.1) is 6.92 Å². The molecule has 4 amide bonds. The first-order chi connectivity index (χ1) is 27.7. The average Bonchev–Trinajstić information content (AvgIpc) is 3.82. The van der Waals surface area contributed by atoms with E-state index in [-0.39, 0.29) is 17.5 Å². The molecule has 0 fully saturated rings. The van der Waals surface area contributed by atoms with Crippen molar-refractivity contribution in [2.24, 2.45) is 16.0 Å². The van der Waals surface area contributed by atoms with E-state index >= 15 is 0 Å². The highest BCUT2D eigenvalue weighted by atomic mass is 128. The molecule has 2 aliphatic rings. The van der Waals surface area contributed by atoms with Crippen LogP contribution in [0.5, 0.6) is 5.75 Å². The van der Waals surface area contributed by atoms with Crippen molar-refractivity contribution in [3.63, 3.8) is 0 Å². The minimum atomic E-state index is -0.677. The number of benzene rings is 4. The topological polar surface area (TPSA) is 182 Å². The molecule has 8 rings (SSSR count). The summed E-state index contributed by atoms with van der Waals surface area (Å²) in [4.78, 5) is 54.7. The lowest BCUT2D eigenvalue weighted by Crippen LogP contribution is -2.39. The molecule has 0 atom stereocenters. The molecule has 288 valence electrons. The number of nitrogens with one attached hydrogen (secondary N) is 1. The van der Waals surface area contributed by atoms with Crippen LogP contribution in [0.1, 0.15) is 48.2 Å². The van der Waals surface area contributed by atoms with Crippen LogP contribution in [0.4, 0.5) is 28.6 Å². The van der Waals surface area contributed by atoms with Gasteiger partial charge in [0.1, 0.15) is 17.1 Å². The Kier molecular flexibility index (Phi) is 11.7. The molecule has 0 unspecified atom stereocenters. The summed E-state index contributed by atoms with van der Waals surface area (Å²) in [5, 5.41) is 20.4. The van der Waals surface area contributed by atoms with Crippen molar-refractivity contribution in [3.05, 3.63) is 131 Å². The Hall–Kier alpha value is -5.96. The van der Waals surface area contributed by atoms with Gasteiger partial charge in [-0.15, -0.1) is 5.10 Å². The first-order valence-electron chi connectivity index (χ1n) is 17.6. The minimum absolute atomic E-state index is 0.100. The third-order valence-electron chi connectivity index (χ3n) is 9.66. The SMILES string of the molecule is COc1ccc(-n2nc(NC=O)c3c2C(=O)N(c2ccc(N=Nc4ccc(N5CCc6c(C(N)=O)nn(-c7ccc(C)cc7)c6C5=O)cc4)cc2)CC3)cc1.II. The predicted octanol–water partition coefficient (Wildman–Crippen LogP) is 7.63. The van der Waals surface area contributed by atoms with Crippen molar-refractivity contribution in [1.82, 2.24) is 19.6 Å². The third-order valence-corrected chi connectivity index (χ3v) is 9.66. The number of primary amides is 1. The number of nitrogens with two attached hydrogens (primary N) is 1. The molecule has 4 heterocycles. The second-order valence-electron chi connectivity index (χ2n) is 13.0. The normalized spacial score (nSPS) is 13.5. The lowest BCUT2D eigenvalue weighted by atomic mass is 10.0. The highest BCUT2D eigenvalue weighted by Crippen LogP contribution is 2.33. The molecule has 2 aromatic heterocycles. The van der Waals surface area contributed by atoms with E-state index in [2.05, 4.69) is 63.0 Å². The van der Waals surface area contributed by atoms with Gasteiger partial charge in [0, 0.05) is 72.8 Å². The summed E-state index contributed by atoms with van der Waals surface area (Å²) in [7, 11) is 1.58. The molecule has 0 saturated carbocycles. The number of hydrogen-bond acceptors (Lipinski definition) is 9.